The van der Waals surface area contributed by atoms with E-state index in [2.05, 4.69) is 10.4 Å². The predicted molar refractivity (Wildman–Crippen MR) is 112 cm³/mol. The van der Waals surface area contributed by atoms with Crippen molar-refractivity contribution >= 4 is 40.8 Å². The average molecular weight is 466 g/mol. The Labute approximate surface area is 185 Å². The molecule has 0 atom stereocenters. The lowest BCUT2D eigenvalue weighted by Crippen LogP contribution is -2.41. The number of nitrogens with zero attached hydrogens (tertiary/aromatic N) is 3. The molecule has 2 aromatic carbocycles. The van der Waals surface area contributed by atoms with Crippen molar-refractivity contribution in [3.63, 3.8) is 0 Å². The third kappa shape index (κ3) is 4.06. The number of carbonyl (C=O) groups excluding carboxylic acids is 2. The Balaban J connectivity index is 1.63. The SMILES string of the molecule is NC(=O)c1c(-c2ccc(F)c(Cl)c2)nn2c1CN(C(=O)Nc1ccc(F)c(Cl)c1)CC2. The second kappa shape index (κ2) is 8.16. The minimum atomic E-state index is -0.732. The van der Waals surface area contributed by atoms with Crippen molar-refractivity contribution in [3.05, 3.63) is 69.3 Å². The number of halogens is 4. The van der Waals surface area contributed by atoms with E-state index in [1.165, 1.54) is 35.2 Å². The number of nitrogens with two attached hydrogens (primary N) is 1. The smallest absolute Gasteiger partial charge is 0.322 e. The molecule has 1 aliphatic heterocycles. The number of benzene rings is 2. The fourth-order valence-corrected chi connectivity index (χ4v) is 3.73. The summed E-state index contributed by atoms with van der Waals surface area (Å²) in [6.45, 7) is 0.667. The zero-order chi connectivity index (χ0) is 22.3. The molecule has 0 radical (unpaired) electrons. The molecule has 160 valence electrons. The lowest BCUT2D eigenvalue weighted by molar-refractivity contribution is 0.0997. The number of fused-ring (bicyclic) bond motifs is 1. The van der Waals surface area contributed by atoms with Crippen LogP contribution in [-0.2, 0) is 13.1 Å². The highest BCUT2D eigenvalue weighted by Crippen LogP contribution is 2.31. The summed E-state index contributed by atoms with van der Waals surface area (Å²) in [6, 6.07) is 7.36. The van der Waals surface area contributed by atoms with Gasteiger partial charge in [0.2, 0.25) is 0 Å². The maximum absolute atomic E-state index is 13.5. The number of carbonyl (C=O) groups is 2. The number of amides is 3. The van der Waals surface area contributed by atoms with E-state index < -0.39 is 23.6 Å². The number of urea groups is 1. The number of rotatable bonds is 3. The van der Waals surface area contributed by atoms with Crippen LogP contribution in [0.15, 0.2) is 36.4 Å². The molecule has 11 heteroatoms. The van der Waals surface area contributed by atoms with Crippen molar-refractivity contribution < 1.29 is 18.4 Å². The van der Waals surface area contributed by atoms with Crippen molar-refractivity contribution in [2.24, 2.45) is 5.73 Å². The van der Waals surface area contributed by atoms with Crippen molar-refractivity contribution in [1.29, 1.82) is 0 Å². The Morgan fingerprint density at radius 1 is 1.03 bits per heavy atom. The fourth-order valence-electron chi connectivity index (χ4n) is 3.37. The van der Waals surface area contributed by atoms with Crippen LogP contribution in [0, 0.1) is 11.6 Å². The van der Waals surface area contributed by atoms with E-state index in [0.29, 0.717) is 30.0 Å². The Hall–Kier alpha value is -3.17. The third-order valence-corrected chi connectivity index (χ3v) is 5.46. The van der Waals surface area contributed by atoms with E-state index in [9.17, 15) is 18.4 Å². The molecule has 1 aromatic heterocycles. The third-order valence-electron chi connectivity index (χ3n) is 4.88. The van der Waals surface area contributed by atoms with E-state index in [1.54, 1.807) is 4.68 Å². The Morgan fingerprint density at radius 3 is 2.35 bits per heavy atom. The minimum absolute atomic E-state index is 0.0565. The van der Waals surface area contributed by atoms with Crippen LogP contribution in [0.3, 0.4) is 0 Å². The van der Waals surface area contributed by atoms with Gasteiger partial charge in [0.05, 0.1) is 34.4 Å². The topological polar surface area (TPSA) is 93.2 Å². The predicted octanol–water partition coefficient (Wildman–Crippen LogP) is 4.28. The summed E-state index contributed by atoms with van der Waals surface area (Å²) < 4.78 is 28.5. The molecule has 0 spiro atoms. The zero-order valence-corrected chi connectivity index (χ0v) is 17.3. The molecule has 3 N–H and O–H groups in total. The van der Waals surface area contributed by atoms with Gasteiger partial charge >= 0.3 is 6.03 Å². The van der Waals surface area contributed by atoms with Crippen LogP contribution in [0.1, 0.15) is 16.1 Å². The van der Waals surface area contributed by atoms with Crippen molar-refractivity contribution in [2.45, 2.75) is 13.1 Å². The van der Waals surface area contributed by atoms with E-state index in [-0.39, 0.29) is 27.8 Å². The number of hydrogen-bond acceptors (Lipinski definition) is 3. The Kier molecular flexibility index (Phi) is 5.55. The summed E-state index contributed by atoms with van der Waals surface area (Å²) in [6.07, 6.45) is 0. The van der Waals surface area contributed by atoms with Gasteiger partial charge in [-0.3, -0.25) is 9.48 Å². The summed E-state index contributed by atoms with van der Waals surface area (Å²) in [5.41, 5.74) is 7.19. The first-order valence-electron chi connectivity index (χ1n) is 9.10. The highest BCUT2D eigenvalue weighted by molar-refractivity contribution is 6.31. The monoisotopic (exact) mass is 465 g/mol. The lowest BCUT2D eigenvalue weighted by Gasteiger charge is -2.28. The summed E-state index contributed by atoms with van der Waals surface area (Å²) in [5.74, 6) is -1.93. The van der Waals surface area contributed by atoms with Gasteiger partial charge in [-0.1, -0.05) is 23.2 Å². The van der Waals surface area contributed by atoms with Crippen LogP contribution < -0.4 is 11.1 Å². The average Bonchev–Trinajstić information content (AvgIpc) is 3.11. The molecule has 2 heterocycles. The standard InChI is InChI=1S/C20H15Cl2F2N5O2/c21-12-7-10(1-3-14(12)23)18-17(19(25)30)16-9-28(5-6-29(16)27-18)20(31)26-11-2-4-15(24)13(22)8-11/h1-4,7-8H,5-6,9H2,(H2,25,30)(H,26,31). The molecule has 1 aliphatic rings. The number of hydrogen-bond donors (Lipinski definition) is 2. The van der Waals surface area contributed by atoms with Gasteiger partial charge in [-0.15, -0.1) is 0 Å². The lowest BCUT2D eigenvalue weighted by atomic mass is 10.0. The van der Waals surface area contributed by atoms with Crippen LogP contribution in [0.4, 0.5) is 19.3 Å². The highest BCUT2D eigenvalue weighted by Gasteiger charge is 2.30. The highest BCUT2D eigenvalue weighted by atomic mass is 35.5. The molecular formula is C20H15Cl2F2N5O2. The molecule has 0 aliphatic carbocycles. The normalized spacial score (nSPS) is 13.1. The number of aromatic nitrogens is 2. The van der Waals surface area contributed by atoms with E-state index in [4.69, 9.17) is 28.9 Å². The number of primary amides is 1. The molecule has 0 bridgehead atoms. The van der Waals surface area contributed by atoms with Gasteiger partial charge in [0.15, 0.2) is 0 Å². The van der Waals surface area contributed by atoms with Gasteiger partial charge in [0.1, 0.15) is 17.3 Å². The molecule has 0 saturated heterocycles. The van der Waals surface area contributed by atoms with Crippen LogP contribution in [-0.4, -0.2) is 33.2 Å². The summed E-state index contributed by atoms with van der Waals surface area (Å²) in [7, 11) is 0. The van der Waals surface area contributed by atoms with E-state index in [1.807, 2.05) is 0 Å². The summed E-state index contributed by atoms with van der Waals surface area (Å²) in [5, 5.41) is 6.84. The fraction of sp³-hybridized carbons (Fsp3) is 0.150. The van der Waals surface area contributed by atoms with Gasteiger partial charge < -0.3 is 16.0 Å². The zero-order valence-electron chi connectivity index (χ0n) is 15.8. The Bertz CT molecular complexity index is 1210. The molecule has 3 amide bonds. The molecular weight excluding hydrogens is 451 g/mol. The maximum Gasteiger partial charge on any atom is 0.322 e. The second-order valence-corrected chi connectivity index (χ2v) is 7.68. The maximum atomic E-state index is 13.5. The molecule has 0 saturated carbocycles. The van der Waals surface area contributed by atoms with E-state index >= 15 is 0 Å². The van der Waals surface area contributed by atoms with Gasteiger partial charge in [-0.2, -0.15) is 5.10 Å². The van der Waals surface area contributed by atoms with Crippen LogP contribution in [0.5, 0.6) is 0 Å². The van der Waals surface area contributed by atoms with Crippen LogP contribution >= 0.6 is 23.2 Å². The number of anilines is 1. The first kappa shape index (κ1) is 21.1. The number of nitrogens with one attached hydrogen (secondary N) is 1. The van der Waals surface area contributed by atoms with Crippen LogP contribution in [0.2, 0.25) is 10.0 Å². The van der Waals surface area contributed by atoms with Gasteiger partial charge in [-0.05, 0) is 36.4 Å². The molecule has 4 rings (SSSR count). The first-order chi connectivity index (χ1) is 14.7. The largest absolute Gasteiger partial charge is 0.365 e. The van der Waals surface area contributed by atoms with Gasteiger partial charge in [0, 0.05) is 17.8 Å². The second-order valence-electron chi connectivity index (χ2n) is 6.87. The molecule has 3 aromatic rings. The molecule has 0 fully saturated rings. The molecule has 0 unspecified atom stereocenters. The summed E-state index contributed by atoms with van der Waals surface area (Å²) in [4.78, 5) is 26.4. The minimum Gasteiger partial charge on any atom is -0.365 e. The van der Waals surface area contributed by atoms with Crippen LogP contribution in [0.25, 0.3) is 11.3 Å². The van der Waals surface area contributed by atoms with Gasteiger partial charge in [-0.25, -0.2) is 13.6 Å². The first-order valence-corrected chi connectivity index (χ1v) is 9.86. The molecule has 31 heavy (non-hydrogen) atoms. The van der Waals surface area contributed by atoms with Crippen molar-refractivity contribution in [2.75, 3.05) is 11.9 Å². The Morgan fingerprint density at radius 2 is 1.71 bits per heavy atom. The van der Waals surface area contributed by atoms with E-state index in [0.717, 1.165) is 6.07 Å². The molecule has 7 nitrogen and oxygen atoms in total. The van der Waals surface area contributed by atoms with Crippen molar-refractivity contribution in [3.8, 4) is 11.3 Å². The van der Waals surface area contributed by atoms with Gasteiger partial charge in [0.25, 0.3) is 5.91 Å². The summed E-state index contributed by atoms with van der Waals surface area (Å²) >= 11 is 11.6. The van der Waals surface area contributed by atoms with Crippen molar-refractivity contribution in [1.82, 2.24) is 14.7 Å². The quantitative estimate of drug-likeness (QED) is 0.604.